The number of benzene rings is 1. The summed E-state index contributed by atoms with van der Waals surface area (Å²) in [5.41, 5.74) is 4.74. The zero-order chi connectivity index (χ0) is 17.0. The van der Waals surface area contributed by atoms with Gasteiger partial charge in [0.05, 0.1) is 18.4 Å². The zero-order valence-electron chi connectivity index (χ0n) is 15.1. The van der Waals surface area contributed by atoms with Crippen LogP contribution in [0.3, 0.4) is 0 Å². The third-order valence-electron chi connectivity index (χ3n) is 4.21. The summed E-state index contributed by atoms with van der Waals surface area (Å²) in [6.45, 7) is 5.75. The van der Waals surface area contributed by atoms with Gasteiger partial charge < -0.3 is 15.0 Å². The smallest absolute Gasteiger partial charge is 0.216 e. The maximum absolute atomic E-state index is 5.45. The van der Waals surface area contributed by atoms with Crippen molar-refractivity contribution in [1.29, 1.82) is 0 Å². The van der Waals surface area contributed by atoms with Crippen LogP contribution < -0.4 is 10.1 Å². The van der Waals surface area contributed by atoms with E-state index in [0.717, 1.165) is 30.2 Å². The molecule has 0 bridgehead atoms. The number of aryl methyl sites for hydroxylation is 3. The normalized spacial score (nSPS) is 12.7. The number of nitrogens with one attached hydrogen (secondary N) is 1. The first kappa shape index (κ1) is 17.5. The van der Waals surface area contributed by atoms with Gasteiger partial charge in [0.1, 0.15) is 0 Å². The van der Waals surface area contributed by atoms with Crippen LogP contribution in [-0.4, -0.2) is 42.4 Å². The second-order valence-electron chi connectivity index (χ2n) is 6.22. The lowest BCUT2D eigenvalue weighted by Crippen LogP contribution is -2.31. The lowest BCUT2D eigenvalue weighted by molar-refractivity contribution is 0.287. The number of nitrogens with zero attached hydrogens (tertiary/aromatic N) is 3. The molecular weight excluding hydrogens is 288 g/mol. The number of hydrogen-bond acceptors (Lipinski definition) is 4. The van der Waals surface area contributed by atoms with Gasteiger partial charge in [0.25, 0.3) is 0 Å². The Balaban J connectivity index is 2.04. The van der Waals surface area contributed by atoms with E-state index in [2.05, 4.69) is 60.6 Å². The van der Waals surface area contributed by atoms with Gasteiger partial charge in [-0.2, -0.15) is 5.10 Å². The quantitative estimate of drug-likeness (QED) is 0.852. The van der Waals surface area contributed by atoms with Crippen LogP contribution in [0.15, 0.2) is 24.3 Å². The summed E-state index contributed by atoms with van der Waals surface area (Å²) in [7, 11) is 7.82. The first-order valence-electron chi connectivity index (χ1n) is 7.94. The van der Waals surface area contributed by atoms with E-state index in [1.807, 2.05) is 14.0 Å². The Bertz CT molecular complexity index is 631. The number of likely N-dealkylation sites (N-methyl/N-ethyl adjacent to an activating group) is 1. The maximum Gasteiger partial charge on any atom is 0.216 e. The fraction of sp³-hybridized carbons (Fsp3) is 0.500. The third kappa shape index (κ3) is 4.12. The summed E-state index contributed by atoms with van der Waals surface area (Å²) in [6.07, 6.45) is 0. The van der Waals surface area contributed by atoms with Crippen LogP contribution in [0.2, 0.25) is 0 Å². The van der Waals surface area contributed by atoms with E-state index in [9.17, 15) is 0 Å². The molecule has 0 fully saturated rings. The molecule has 126 valence electrons. The van der Waals surface area contributed by atoms with Gasteiger partial charge in [-0.05, 0) is 33.5 Å². The minimum Gasteiger partial charge on any atom is -0.481 e. The van der Waals surface area contributed by atoms with Crippen molar-refractivity contribution < 1.29 is 4.74 Å². The summed E-state index contributed by atoms with van der Waals surface area (Å²) in [5, 5.41) is 7.97. The molecule has 0 unspecified atom stereocenters. The molecule has 1 aromatic carbocycles. The highest BCUT2D eigenvalue weighted by molar-refractivity contribution is 5.31. The predicted octanol–water partition coefficient (Wildman–Crippen LogP) is 2.44. The van der Waals surface area contributed by atoms with Gasteiger partial charge in [-0.15, -0.1) is 0 Å². The number of ether oxygens (including phenoxy) is 1. The molecule has 0 aliphatic carbocycles. The van der Waals surface area contributed by atoms with E-state index in [0.29, 0.717) is 6.04 Å². The monoisotopic (exact) mass is 316 g/mol. The molecule has 2 aromatic rings. The number of methoxy groups -OCH3 is 1. The van der Waals surface area contributed by atoms with E-state index in [-0.39, 0.29) is 0 Å². The minimum atomic E-state index is 0.332. The van der Waals surface area contributed by atoms with Crippen LogP contribution in [0.1, 0.15) is 28.4 Å². The Morgan fingerprint density at radius 2 is 1.87 bits per heavy atom. The van der Waals surface area contributed by atoms with E-state index < -0.39 is 0 Å². The van der Waals surface area contributed by atoms with Gasteiger partial charge in [-0.3, -0.25) is 0 Å². The van der Waals surface area contributed by atoms with E-state index >= 15 is 0 Å². The summed E-state index contributed by atoms with van der Waals surface area (Å²) in [6, 6.07) is 9.08. The van der Waals surface area contributed by atoms with Gasteiger partial charge in [-0.25, -0.2) is 4.68 Å². The first-order chi connectivity index (χ1) is 10.9. The van der Waals surface area contributed by atoms with Crippen LogP contribution in [-0.2, 0) is 13.6 Å². The lowest BCUT2D eigenvalue weighted by atomic mass is 10.0. The molecule has 2 rings (SSSR count). The third-order valence-corrected chi connectivity index (χ3v) is 4.21. The summed E-state index contributed by atoms with van der Waals surface area (Å²) < 4.78 is 7.24. The number of rotatable bonds is 7. The topological polar surface area (TPSA) is 42.3 Å². The fourth-order valence-corrected chi connectivity index (χ4v) is 2.86. The Hall–Kier alpha value is -1.85. The standard InChI is InChI=1S/C18H28N4O/c1-13-7-9-15(10-8-13)17(21(3)4)12-19-11-16-14(2)20-22(5)18(16)23-6/h7-10,17,19H,11-12H2,1-6H3/t17-/m1/s1. The first-order valence-corrected chi connectivity index (χ1v) is 7.94. The molecule has 5 heteroatoms. The van der Waals surface area contributed by atoms with Crippen LogP contribution in [0.5, 0.6) is 5.88 Å². The Morgan fingerprint density at radius 3 is 2.43 bits per heavy atom. The molecule has 0 amide bonds. The summed E-state index contributed by atoms with van der Waals surface area (Å²) in [4.78, 5) is 2.24. The van der Waals surface area contributed by atoms with Crippen LogP contribution in [0.4, 0.5) is 0 Å². The van der Waals surface area contributed by atoms with Crippen molar-refractivity contribution in [3.63, 3.8) is 0 Å². The molecule has 1 aromatic heterocycles. The van der Waals surface area contributed by atoms with Crippen molar-refractivity contribution in [2.24, 2.45) is 7.05 Å². The van der Waals surface area contributed by atoms with Gasteiger partial charge in [0, 0.05) is 26.2 Å². The van der Waals surface area contributed by atoms with Gasteiger partial charge in [0.15, 0.2) is 0 Å². The van der Waals surface area contributed by atoms with Crippen LogP contribution in [0, 0.1) is 13.8 Å². The molecule has 1 atom stereocenters. The van der Waals surface area contributed by atoms with Gasteiger partial charge in [0.2, 0.25) is 5.88 Å². The van der Waals surface area contributed by atoms with E-state index in [4.69, 9.17) is 4.74 Å². The lowest BCUT2D eigenvalue weighted by Gasteiger charge is -2.25. The molecule has 1 N–H and O–H groups in total. The average Bonchev–Trinajstić information content (AvgIpc) is 2.78. The molecule has 23 heavy (non-hydrogen) atoms. The predicted molar refractivity (Wildman–Crippen MR) is 93.8 cm³/mol. The van der Waals surface area contributed by atoms with Crippen LogP contribution in [0.25, 0.3) is 0 Å². The second kappa shape index (κ2) is 7.62. The molecular formula is C18H28N4O. The van der Waals surface area contributed by atoms with Crippen molar-refractivity contribution in [1.82, 2.24) is 20.0 Å². The molecule has 5 nitrogen and oxygen atoms in total. The Morgan fingerprint density at radius 1 is 1.22 bits per heavy atom. The van der Waals surface area contributed by atoms with Crippen molar-refractivity contribution in [2.45, 2.75) is 26.4 Å². The van der Waals surface area contributed by atoms with Crippen LogP contribution >= 0.6 is 0 Å². The molecule has 0 saturated carbocycles. The van der Waals surface area contributed by atoms with E-state index in [1.165, 1.54) is 11.1 Å². The largest absolute Gasteiger partial charge is 0.481 e. The van der Waals surface area contributed by atoms with E-state index in [1.54, 1.807) is 11.8 Å². The van der Waals surface area contributed by atoms with Gasteiger partial charge >= 0.3 is 0 Å². The van der Waals surface area contributed by atoms with Crippen molar-refractivity contribution in [3.8, 4) is 5.88 Å². The van der Waals surface area contributed by atoms with Crippen molar-refractivity contribution in [2.75, 3.05) is 27.7 Å². The zero-order valence-corrected chi connectivity index (χ0v) is 15.1. The molecule has 0 aliphatic heterocycles. The number of hydrogen-bond donors (Lipinski definition) is 1. The summed E-state index contributed by atoms with van der Waals surface area (Å²) >= 11 is 0. The molecule has 0 radical (unpaired) electrons. The Labute approximate surface area is 139 Å². The second-order valence-corrected chi connectivity index (χ2v) is 6.22. The van der Waals surface area contributed by atoms with Crippen molar-refractivity contribution in [3.05, 3.63) is 46.6 Å². The molecule has 0 spiro atoms. The fourth-order valence-electron chi connectivity index (χ4n) is 2.86. The maximum atomic E-state index is 5.45. The highest BCUT2D eigenvalue weighted by Crippen LogP contribution is 2.22. The SMILES string of the molecule is COc1c(CNC[C@H](c2ccc(C)cc2)N(C)C)c(C)nn1C. The summed E-state index contributed by atoms with van der Waals surface area (Å²) in [5.74, 6) is 0.826. The molecule has 1 heterocycles. The van der Waals surface area contributed by atoms with Crippen molar-refractivity contribution >= 4 is 0 Å². The average molecular weight is 316 g/mol. The van der Waals surface area contributed by atoms with Gasteiger partial charge in [-0.1, -0.05) is 29.8 Å². The number of aromatic nitrogens is 2. The Kier molecular flexibility index (Phi) is 5.80. The minimum absolute atomic E-state index is 0.332. The molecule has 0 saturated heterocycles. The highest BCUT2D eigenvalue weighted by Gasteiger charge is 2.16. The highest BCUT2D eigenvalue weighted by atomic mass is 16.5. The molecule has 0 aliphatic rings.